The third-order valence-corrected chi connectivity index (χ3v) is 6.43. The fourth-order valence-corrected chi connectivity index (χ4v) is 4.75. The molecular weight excluding hydrogens is 354 g/mol. The van der Waals surface area contributed by atoms with Crippen molar-refractivity contribution in [2.24, 2.45) is 0 Å². The molecule has 4 nitrogen and oxygen atoms in total. The molecule has 1 aromatic carbocycles. The van der Waals surface area contributed by atoms with Gasteiger partial charge in [0.1, 0.15) is 0 Å². The Bertz CT molecular complexity index is 548. The molecule has 0 bridgehead atoms. The van der Waals surface area contributed by atoms with E-state index in [-0.39, 0.29) is 11.9 Å². The van der Waals surface area contributed by atoms with E-state index in [2.05, 4.69) is 15.5 Å². The van der Waals surface area contributed by atoms with Gasteiger partial charge in [-0.15, -0.1) is 11.8 Å². The lowest BCUT2D eigenvalue weighted by atomic mass is 10.0. The van der Waals surface area contributed by atoms with Crippen LogP contribution in [0.25, 0.3) is 0 Å². The van der Waals surface area contributed by atoms with E-state index < -0.39 is 0 Å². The summed E-state index contributed by atoms with van der Waals surface area (Å²) in [4.78, 5) is 16.3. The highest BCUT2D eigenvalue weighted by Gasteiger charge is 2.35. The Morgan fingerprint density at radius 1 is 1.24 bits per heavy atom. The van der Waals surface area contributed by atoms with Crippen molar-refractivity contribution in [3.05, 3.63) is 29.3 Å². The molecule has 1 aromatic rings. The number of nitrogens with one attached hydrogen (secondary N) is 2. The maximum atomic E-state index is 12.6. The van der Waals surface area contributed by atoms with Crippen LogP contribution in [-0.2, 0) is 4.79 Å². The molecule has 1 amide bonds. The maximum absolute atomic E-state index is 12.6. The molecule has 2 aliphatic rings. The van der Waals surface area contributed by atoms with E-state index in [1.807, 2.05) is 36.0 Å². The summed E-state index contributed by atoms with van der Waals surface area (Å²) in [5.74, 6) is 1.23. The van der Waals surface area contributed by atoms with Gasteiger partial charge in [0, 0.05) is 22.5 Å². The van der Waals surface area contributed by atoms with Crippen molar-refractivity contribution in [2.75, 3.05) is 31.9 Å². The number of hydrogen-bond acceptors (Lipinski definition) is 4. The van der Waals surface area contributed by atoms with E-state index in [1.165, 1.54) is 17.7 Å². The molecule has 0 saturated carbocycles. The first-order valence-electron chi connectivity index (χ1n) is 9.36. The van der Waals surface area contributed by atoms with Crippen molar-refractivity contribution < 1.29 is 4.79 Å². The van der Waals surface area contributed by atoms with Gasteiger partial charge in [0.25, 0.3) is 0 Å². The van der Waals surface area contributed by atoms with Gasteiger partial charge in [-0.2, -0.15) is 0 Å². The van der Waals surface area contributed by atoms with E-state index in [0.29, 0.717) is 6.04 Å². The van der Waals surface area contributed by atoms with Crippen LogP contribution in [0.15, 0.2) is 29.2 Å². The van der Waals surface area contributed by atoms with E-state index in [1.54, 1.807) is 0 Å². The molecule has 2 N–H and O–H groups in total. The summed E-state index contributed by atoms with van der Waals surface area (Å²) in [6.07, 6.45) is 5.48. The zero-order valence-electron chi connectivity index (χ0n) is 14.7. The van der Waals surface area contributed by atoms with Crippen LogP contribution in [-0.4, -0.2) is 54.8 Å². The molecule has 0 spiro atoms. The zero-order valence-corrected chi connectivity index (χ0v) is 16.2. The minimum atomic E-state index is 0.0898. The van der Waals surface area contributed by atoms with Gasteiger partial charge in [-0.3, -0.25) is 9.69 Å². The minimum Gasteiger partial charge on any atom is -0.355 e. The van der Waals surface area contributed by atoms with Gasteiger partial charge in [0.15, 0.2) is 0 Å². The number of hydrogen-bond donors (Lipinski definition) is 2. The van der Waals surface area contributed by atoms with Crippen molar-refractivity contribution >= 4 is 29.3 Å². The molecule has 2 fully saturated rings. The van der Waals surface area contributed by atoms with Gasteiger partial charge >= 0.3 is 0 Å². The molecule has 2 aliphatic heterocycles. The summed E-state index contributed by atoms with van der Waals surface area (Å²) in [6, 6.07) is 8.59. The average molecular weight is 382 g/mol. The summed E-state index contributed by atoms with van der Waals surface area (Å²) >= 11 is 7.71. The molecule has 2 heterocycles. The molecule has 0 aliphatic carbocycles. The Labute approximate surface area is 160 Å². The summed E-state index contributed by atoms with van der Waals surface area (Å²) in [6.45, 7) is 4.00. The second-order valence-corrected chi connectivity index (χ2v) is 8.43. The number of piperidine rings is 1. The fourth-order valence-electron chi connectivity index (χ4n) is 3.77. The third-order valence-electron chi connectivity index (χ3n) is 5.08. The first-order chi connectivity index (χ1) is 12.2. The number of thioether (sulfide) groups is 1. The Kier molecular flexibility index (Phi) is 7.47. The predicted octanol–water partition coefficient (Wildman–Crippen LogP) is 3.15. The second-order valence-electron chi connectivity index (χ2n) is 6.82. The lowest BCUT2D eigenvalue weighted by Crippen LogP contribution is -2.50. The highest BCUT2D eigenvalue weighted by atomic mass is 35.5. The highest BCUT2D eigenvalue weighted by molar-refractivity contribution is 7.99. The summed E-state index contributed by atoms with van der Waals surface area (Å²) in [5.41, 5.74) is 0. The van der Waals surface area contributed by atoms with Gasteiger partial charge in [-0.05, 0) is 81.8 Å². The van der Waals surface area contributed by atoms with Crippen LogP contribution in [0.4, 0.5) is 0 Å². The van der Waals surface area contributed by atoms with Crippen LogP contribution < -0.4 is 10.6 Å². The van der Waals surface area contributed by atoms with Crippen molar-refractivity contribution in [3.63, 3.8) is 0 Å². The Morgan fingerprint density at radius 3 is 2.76 bits per heavy atom. The maximum Gasteiger partial charge on any atom is 0.237 e. The monoisotopic (exact) mass is 381 g/mol. The molecular formula is C19H28ClN3OS. The fraction of sp³-hybridized carbons (Fsp3) is 0.632. The first-order valence-corrected chi connectivity index (χ1v) is 10.7. The van der Waals surface area contributed by atoms with Crippen LogP contribution in [0.5, 0.6) is 0 Å². The number of likely N-dealkylation sites (tertiary alicyclic amines) is 1. The van der Waals surface area contributed by atoms with Gasteiger partial charge in [-0.1, -0.05) is 11.6 Å². The SMILES string of the molecule is O=C(NCCCSc1ccc(Cl)cc1)[C@@H]1CCCN1C1CCNCC1. The molecule has 138 valence electrons. The molecule has 0 aromatic heterocycles. The van der Waals surface area contributed by atoms with Gasteiger partial charge < -0.3 is 10.6 Å². The van der Waals surface area contributed by atoms with Crippen LogP contribution >= 0.6 is 23.4 Å². The van der Waals surface area contributed by atoms with Gasteiger partial charge in [0.2, 0.25) is 5.91 Å². The van der Waals surface area contributed by atoms with Crippen LogP contribution in [0.2, 0.25) is 5.02 Å². The first kappa shape index (κ1) is 19.0. The minimum absolute atomic E-state index is 0.0898. The van der Waals surface area contributed by atoms with Crippen molar-refractivity contribution in [1.29, 1.82) is 0 Å². The molecule has 3 rings (SSSR count). The van der Waals surface area contributed by atoms with Crippen LogP contribution in [0.3, 0.4) is 0 Å². The van der Waals surface area contributed by atoms with Crippen LogP contribution in [0, 0.1) is 0 Å². The number of amides is 1. The largest absolute Gasteiger partial charge is 0.355 e. The van der Waals surface area contributed by atoms with Crippen molar-refractivity contribution in [1.82, 2.24) is 15.5 Å². The highest BCUT2D eigenvalue weighted by Crippen LogP contribution is 2.24. The zero-order chi connectivity index (χ0) is 17.5. The molecule has 6 heteroatoms. The number of rotatable bonds is 7. The van der Waals surface area contributed by atoms with E-state index in [0.717, 1.165) is 56.2 Å². The molecule has 0 radical (unpaired) electrons. The molecule has 0 unspecified atom stereocenters. The molecule has 2 saturated heterocycles. The Hall–Kier alpha value is -0.750. The average Bonchev–Trinajstić information content (AvgIpc) is 3.13. The van der Waals surface area contributed by atoms with Crippen LogP contribution in [0.1, 0.15) is 32.1 Å². The van der Waals surface area contributed by atoms with Crippen molar-refractivity contribution in [2.45, 2.75) is 49.1 Å². The number of carbonyl (C=O) groups excluding carboxylic acids is 1. The molecule has 25 heavy (non-hydrogen) atoms. The molecule has 1 atom stereocenters. The van der Waals surface area contributed by atoms with E-state index >= 15 is 0 Å². The van der Waals surface area contributed by atoms with E-state index in [9.17, 15) is 4.79 Å². The number of carbonyl (C=O) groups is 1. The predicted molar refractivity (Wildman–Crippen MR) is 105 cm³/mol. The van der Waals surface area contributed by atoms with E-state index in [4.69, 9.17) is 11.6 Å². The topological polar surface area (TPSA) is 44.4 Å². The quantitative estimate of drug-likeness (QED) is 0.562. The number of nitrogens with zero attached hydrogens (tertiary/aromatic N) is 1. The summed E-state index contributed by atoms with van der Waals surface area (Å²) in [5, 5.41) is 7.34. The van der Waals surface area contributed by atoms with Crippen molar-refractivity contribution in [3.8, 4) is 0 Å². The number of halogens is 1. The number of benzene rings is 1. The standard InChI is InChI=1S/C19H28ClN3OS/c20-15-4-6-17(7-5-15)25-14-2-10-22-19(24)18-3-1-13-23(18)16-8-11-21-12-9-16/h4-7,16,18,21H,1-3,8-14H2,(H,22,24)/t18-/m0/s1. The Balaban J connectivity index is 1.36. The lowest BCUT2D eigenvalue weighted by Gasteiger charge is -2.35. The van der Waals surface area contributed by atoms with Gasteiger partial charge in [0.05, 0.1) is 6.04 Å². The Morgan fingerprint density at radius 2 is 2.00 bits per heavy atom. The lowest BCUT2D eigenvalue weighted by molar-refractivity contribution is -0.126. The summed E-state index contributed by atoms with van der Waals surface area (Å²) < 4.78 is 0. The normalized spacial score (nSPS) is 22.2. The van der Waals surface area contributed by atoms with Gasteiger partial charge in [-0.25, -0.2) is 0 Å². The smallest absolute Gasteiger partial charge is 0.237 e. The third kappa shape index (κ3) is 5.61. The second kappa shape index (κ2) is 9.81. The summed E-state index contributed by atoms with van der Waals surface area (Å²) in [7, 11) is 0.